The highest BCUT2D eigenvalue weighted by Crippen LogP contribution is 2.21. The van der Waals surface area contributed by atoms with E-state index in [9.17, 15) is 13.6 Å². The molecular formula is C14H14F2N4O3S. The van der Waals surface area contributed by atoms with Gasteiger partial charge in [0.05, 0.1) is 13.3 Å². The molecule has 0 saturated carbocycles. The Morgan fingerprint density at radius 1 is 1.54 bits per heavy atom. The van der Waals surface area contributed by atoms with Crippen LogP contribution in [0.5, 0.6) is 5.75 Å². The highest BCUT2D eigenvalue weighted by molar-refractivity contribution is 7.71. The summed E-state index contributed by atoms with van der Waals surface area (Å²) >= 11 is 4.86. The lowest BCUT2D eigenvalue weighted by molar-refractivity contribution is -0.142. The Balaban J connectivity index is 2.30. The number of hydrogen-bond donors (Lipinski definition) is 1. The summed E-state index contributed by atoms with van der Waals surface area (Å²) in [6.45, 7) is 1.32. The van der Waals surface area contributed by atoms with Crippen molar-refractivity contribution in [3.05, 3.63) is 39.9 Å². The number of carbonyl (C=O) groups is 1. The lowest BCUT2D eigenvalue weighted by Gasteiger charge is -2.09. The van der Waals surface area contributed by atoms with Gasteiger partial charge in [0.15, 0.2) is 0 Å². The molecule has 0 spiro atoms. The molecule has 0 aliphatic heterocycles. The van der Waals surface area contributed by atoms with E-state index in [0.717, 1.165) is 4.68 Å². The average Bonchev–Trinajstić information content (AvgIpc) is 2.92. The third kappa shape index (κ3) is 4.22. The maximum atomic E-state index is 12.8. The number of nitrogens with one attached hydrogen (secondary N) is 1. The number of benzene rings is 1. The summed E-state index contributed by atoms with van der Waals surface area (Å²) in [5, 5.41) is 9.60. The number of ether oxygens (including phenoxy) is 2. The van der Waals surface area contributed by atoms with E-state index in [1.54, 1.807) is 18.2 Å². The highest BCUT2D eigenvalue weighted by Gasteiger charge is 2.16. The zero-order valence-corrected chi connectivity index (χ0v) is 13.6. The summed E-state index contributed by atoms with van der Waals surface area (Å²) in [4.78, 5) is 10.9. The minimum atomic E-state index is -2.81. The van der Waals surface area contributed by atoms with Gasteiger partial charge in [0.1, 0.15) is 12.4 Å². The van der Waals surface area contributed by atoms with Gasteiger partial charge in [-0.15, -0.1) is 0 Å². The minimum Gasteiger partial charge on any atom is -0.496 e. The van der Waals surface area contributed by atoms with Gasteiger partial charge in [0, 0.05) is 12.5 Å². The number of H-pyrrole nitrogens is 1. The number of aromatic nitrogens is 3. The number of rotatable bonds is 6. The summed E-state index contributed by atoms with van der Waals surface area (Å²) < 4.78 is 36.6. The quantitative estimate of drug-likeness (QED) is 0.489. The maximum absolute atomic E-state index is 12.8. The Kier molecular flexibility index (Phi) is 5.74. The number of carbonyl (C=O) groups excluding carboxylic acids is 1. The molecule has 7 nitrogen and oxygen atoms in total. The van der Waals surface area contributed by atoms with Crippen molar-refractivity contribution in [3.8, 4) is 5.75 Å². The van der Waals surface area contributed by atoms with Crippen molar-refractivity contribution < 1.29 is 23.0 Å². The van der Waals surface area contributed by atoms with E-state index >= 15 is 0 Å². The second-order valence-electron chi connectivity index (χ2n) is 4.60. The number of halogens is 2. The van der Waals surface area contributed by atoms with Crippen LogP contribution in [0.3, 0.4) is 0 Å². The summed E-state index contributed by atoms with van der Waals surface area (Å²) in [6, 6.07) is 4.99. The number of aromatic amines is 1. The molecule has 0 aliphatic carbocycles. The minimum absolute atomic E-state index is 0.0214. The lowest BCUT2D eigenvalue weighted by atomic mass is 10.1. The molecule has 1 N–H and O–H groups in total. The van der Waals surface area contributed by atoms with Crippen molar-refractivity contribution in [2.45, 2.75) is 20.0 Å². The topological polar surface area (TPSA) is 81.5 Å². The van der Waals surface area contributed by atoms with Crippen LogP contribution in [0.1, 0.15) is 30.3 Å². The number of alkyl halides is 2. The fourth-order valence-electron chi connectivity index (χ4n) is 1.85. The Labute approximate surface area is 140 Å². The van der Waals surface area contributed by atoms with Crippen LogP contribution in [-0.2, 0) is 16.1 Å². The van der Waals surface area contributed by atoms with E-state index < -0.39 is 18.2 Å². The fourth-order valence-corrected chi connectivity index (χ4v) is 2.04. The van der Waals surface area contributed by atoms with E-state index in [2.05, 4.69) is 15.3 Å². The van der Waals surface area contributed by atoms with Crippen molar-refractivity contribution in [3.63, 3.8) is 0 Å². The van der Waals surface area contributed by atoms with Gasteiger partial charge in [0.2, 0.25) is 10.6 Å². The molecule has 1 aromatic heterocycles. The first-order chi connectivity index (χ1) is 11.4. The van der Waals surface area contributed by atoms with Crippen molar-refractivity contribution in [2.75, 3.05) is 7.11 Å². The maximum Gasteiger partial charge on any atom is 0.302 e. The van der Waals surface area contributed by atoms with Crippen molar-refractivity contribution in [2.24, 2.45) is 5.10 Å². The van der Waals surface area contributed by atoms with Crippen LogP contribution in [0.15, 0.2) is 23.3 Å². The first-order valence-electron chi connectivity index (χ1n) is 6.72. The van der Waals surface area contributed by atoms with Gasteiger partial charge in [-0.1, -0.05) is 0 Å². The summed E-state index contributed by atoms with van der Waals surface area (Å²) in [5.74, 6) is -0.478. The number of hydrogen-bond acceptors (Lipinski definition) is 6. The molecule has 2 rings (SSSR count). The van der Waals surface area contributed by atoms with Gasteiger partial charge in [-0.2, -0.15) is 14.9 Å². The predicted octanol–water partition coefficient (Wildman–Crippen LogP) is 2.83. The lowest BCUT2D eigenvalue weighted by Crippen LogP contribution is -2.02. The van der Waals surface area contributed by atoms with Crippen LogP contribution < -0.4 is 4.74 Å². The Morgan fingerprint density at radius 3 is 2.92 bits per heavy atom. The molecule has 128 valence electrons. The zero-order chi connectivity index (χ0) is 17.7. The Morgan fingerprint density at radius 2 is 2.29 bits per heavy atom. The second kappa shape index (κ2) is 7.77. The molecule has 0 atom stereocenters. The monoisotopic (exact) mass is 356 g/mol. The third-order valence-electron chi connectivity index (χ3n) is 2.93. The van der Waals surface area contributed by atoms with Crippen LogP contribution in [0.25, 0.3) is 0 Å². The molecule has 0 aliphatic rings. The van der Waals surface area contributed by atoms with Crippen LogP contribution in [0.4, 0.5) is 8.78 Å². The Bertz CT molecular complexity index is 817. The molecule has 0 fully saturated rings. The zero-order valence-electron chi connectivity index (χ0n) is 12.8. The predicted molar refractivity (Wildman–Crippen MR) is 83.8 cm³/mol. The van der Waals surface area contributed by atoms with E-state index in [4.69, 9.17) is 21.7 Å². The summed E-state index contributed by atoms with van der Waals surface area (Å²) in [7, 11) is 1.49. The van der Waals surface area contributed by atoms with Gasteiger partial charge < -0.3 is 9.47 Å². The van der Waals surface area contributed by atoms with Crippen LogP contribution in [-0.4, -0.2) is 34.2 Å². The average molecular weight is 356 g/mol. The molecule has 0 unspecified atom stereocenters. The third-order valence-corrected chi connectivity index (χ3v) is 3.19. The molecule has 0 amide bonds. The number of nitrogens with zero attached hydrogens (tertiary/aromatic N) is 3. The first-order valence-corrected chi connectivity index (χ1v) is 7.13. The molecule has 0 saturated heterocycles. The number of esters is 1. The fraction of sp³-hybridized carbons (Fsp3) is 0.286. The van der Waals surface area contributed by atoms with Crippen LogP contribution >= 0.6 is 12.2 Å². The molecule has 0 bridgehead atoms. The van der Waals surface area contributed by atoms with Gasteiger partial charge in [-0.05, 0) is 36.0 Å². The normalized spacial score (nSPS) is 11.2. The van der Waals surface area contributed by atoms with Crippen molar-refractivity contribution in [1.82, 2.24) is 14.9 Å². The van der Waals surface area contributed by atoms with E-state index in [1.165, 1.54) is 20.2 Å². The van der Waals surface area contributed by atoms with Crippen molar-refractivity contribution in [1.29, 1.82) is 0 Å². The van der Waals surface area contributed by atoms with Crippen LogP contribution in [0, 0.1) is 4.77 Å². The molecule has 2 aromatic rings. The molecule has 1 aromatic carbocycles. The van der Waals surface area contributed by atoms with E-state index in [0.29, 0.717) is 16.9 Å². The van der Waals surface area contributed by atoms with E-state index in [-0.39, 0.29) is 11.4 Å². The van der Waals surface area contributed by atoms with Gasteiger partial charge in [-0.25, -0.2) is 13.9 Å². The number of methoxy groups -OCH3 is 1. The van der Waals surface area contributed by atoms with Crippen molar-refractivity contribution >= 4 is 24.4 Å². The standard InChI is InChI=1S/C14H14F2N4O3S/c1-8(21)23-7-10-5-9(3-4-11(10)22-2)6-17-20-13(12(15)16)18-19-14(20)24/h3-6,12H,7H2,1-2H3,(H,19,24). The summed E-state index contributed by atoms with van der Waals surface area (Å²) in [6.07, 6.45) is -1.47. The largest absolute Gasteiger partial charge is 0.496 e. The first kappa shape index (κ1) is 17.7. The molecule has 0 radical (unpaired) electrons. The van der Waals surface area contributed by atoms with E-state index in [1.807, 2.05) is 0 Å². The molecule has 24 heavy (non-hydrogen) atoms. The SMILES string of the molecule is COc1ccc(C=Nn2c(C(F)F)n[nH]c2=S)cc1COC(C)=O. The van der Waals surface area contributed by atoms with Crippen LogP contribution in [0.2, 0.25) is 0 Å². The van der Waals surface area contributed by atoms with Gasteiger partial charge in [-0.3, -0.25) is 4.79 Å². The molecular weight excluding hydrogens is 342 g/mol. The molecule has 1 heterocycles. The second-order valence-corrected chi connectivity index (χ2v) is 4.98. The van der Waals surface area contributed by atoms with Gasteiger partial charge in [0.25, 0.3) is 6.43 Å². The Hall–Kier alpha value is -2.62. The van der Waals surface area contributed by atoms with Gasteiger partial charge >= 0.3 is 5.97 Å². The molecule has 10 heteroatoms. The highest BCUT2D eigenvalue weighted by atomic mass is 32.1. The summed E-state index contributed by atoms with van der Waals surface area (Å²) in [5.41, 5.74) is 1.20. The smallest absolute Gasteiger partial charge is 0.302 e.